The monoisotopic (exact) mass is 296 g/mol. The molecule has 0 aromatic heterocycles. The minimum Gasteiger partial charge on any atom is -0.479 e. The molecule has 2 aromatic rings. The van der Waals surface area contributed by atoms with Gasteiger partial charge in [-0.1, -0.05) is 36.4 Å². The van der Waals surface area contributed by atoms with E-state index in [2.05, 4.69) is 0 Å². The minimum atomic E-state index is -0.967. The summed E-state index contributed by atoms with van der Waals surface area (Å²) < 4.78 is 11.2. The Morgan fingerprint density at radius 1 is 1.14 bits per heavy atom. The van der Waals surface area contributed by atoms with E-state index in [0.717, 1.165) is 11.1 Å². The zero-order valence-corrected chi connectivity index (χ0v) is 12.1. The number of epoxide rings is 1. The topological polar surface area (TPSA) is 59.1 Å². The Balaban J connectivity index is 1.51. The second kappa shape index (κ2) is 4.93. The lowest BCUT2D eigenvalue weighted by atomic mass is 9.99. The standard InChI is InChI=1S/C18H16O4/c1-10-7-8-12-13(9-10)21-17(14(12)19)15(20)18-16(22-18)11-5-3-2-4-6-11/h2-9,15-18,20H,1H3/t15?,16-,17?,18-/m1/s1. The van der Waals surface area contributed by atoms with Gasteiger partial charge in [-0.2, -0.15) is 0 Å². The second-order valence-corrected chi connectivity index (χ2v) is 5.82. The smallest absolute Gasteiger partial charge is 0.209 e. The number of aliphatic hydroxyl groups is 1. The van der Waals surface area contributed by atoms with Crippen LogP contribution in [-0.2, 0) is 4.74 Å². The number of aryl methyl sites for hydroxylation is 1. The molecule has 2 heterocycles. The quantitative estimate of drug-likeness (QED) is 0.884. The average Bonchev–Trinajstić information content (AvgIpc) is 3.27. The summed E-state index contributed by atoms with van der Waals surface area (Å²) in [5.41, 5.74) is 2.56. The Kier molecular flexibility index (Phi) is 3.03. The van der Waals surface area contributed by atoms with Gasteiger partial charge in [0.2, 0.25) is 5.78 Å². The first-order valence-electron chi connectivity index (χ1n) is 7.35. The lowest BCUT2D eigenvalue weighted by molar-refractivity contribution is 0.0281. The lowest BCUT2D eigenvalue weighted by Gasteiger charge is -2.14. The van der Waals surface area contributed by atoms with Crippen molar-refractivity contribution in [3.05, 3.63) is 65.2 Å². The van der Waals surface area contributed by atoms with Crippen molar-refractivity contribution in [1.29, 1.82) is 0 Å². The van der Waals surface area contributed by atoms with Crippen LogP contribution in [0.15, 0.2) is 48.5 Å². The van der Waals surface area contributed by atoms with E-state index < -0.39 is 18.3 Å². The van der Waals surface area contributed by atoms with Crippen molar-refractivity contribution in [3.63, 3.8) is 0 Å². The molecule has 0 saturated carbocycles. The first kappa shape index (κ1) is 13.5. The number of ether oxygens (including phenoxy) is 2. The Labute approximate surface area is 128 Å². The third-order valence-electron chi connectivity index (χ3n) is 4.22. The van der Waals surface area contributed by atoms with E-state index in [4.69, 9.17) is 9.47 Å². The summed E-state index contributed by atoms with van der Waals surface area (Å²) in [5, 5.41) is 10.5. The summed E-state index contributed by atoms with van der Waals surface area (Å²) in [5.74, 6) is 0.371. The highest BCUT2D eigenvalue weighted by atomic mass is 16.6. The highest BCUT2D eigenvalue weighted by molar-refractivity contribution is 6.05. The number of benzene rings is 2. The van der Waals surface area contributed by atoms with Gasteiger partial charge in [0, 0.05) is 0 Å². The van der Waals surface area contributed by atoms with Crippen LogP contribution in [-0.4, -0.2) is 29.2 Å². The number of aliphatic hydroxyl groups excluding tert-OH is 1. The van der Waals surface area contributed by atoms with E-state index in [1.807, 2.05) is 49.4 Å². The molecular weight excluding hydrogens is 280 g/mol. The van der Waals surface area contributed by atoms with Crippen molar-refractivity contribution < 1.29 is 19.4 Å². The number of carbonyl (C=O) groups excluding carboxylic acids is 1. The molecule has 1 fully saturated rings. The van der Waals surface area contributed by atoms with Gasteiger partial charge in [0.15, 0.2) is 6.10 Å². The number of ketones is 1. The first-order valence-corrected chi connectivity index (χ1v) is 7.35. The highest BCUT2D eigenvalue weighted by Gasteiger charge is 2.52. The van der Waals surface area contributed by atoms with Crippen LogP contribution in [0.25, 0.3) is 0 Å². The van der Waals surface area contributed by atoms with Gasteiger partial charge in [-0.15, -0.1) is 0 Å². The van der Waals surface area contributed by atoms with Crippen LogP contribution in [0, 0.1) is 6.92 Å². The number of hydrogen-bond donors (Lipinski definition) is 1. The molecule has 2 aliphatic heterocycles. The van der Waals surface area contributed by atoms with Crippen molar-refractivity contribution >= 4 is 5.78 Å². The van der Waals surface area contributed by atoms with Gasteiger partial charge in [0.05, 0.1) is 5.56 Å². The largest absolute Gasteiger partial charge is 0.479 e. The van der Waals surface area contributed by atoms with Crippen LogP contribution in [0.2, 0.25) is 0 Å². The molecule has 1 saturated heterocycles. The van der Waals surface area contributed by atoms with Crippen molar-refractivity contribution in [1.82, 2.24) is 0 Å². The van der Waals surface area contributed by atoms with Gasteiger partial charge < -0.3 is 14.6 Å². The summed E-state index contributed by atoms with van der Waals surface area (Å²) in [6.07, 6.45) is -2.41. The van der Waals surface area contributed by atoms with Crippen LogP contribution < -0.4 is 4.74 Å². The Bertz CT molecular complexity index is 725. The van der Waals surface area contributed by atoms with Gasteiger partial charge in [-0.3, -0.25) is 4.79 Å². The molecule has 0 aliphatic carbocycles. The van der Waals surface area contributed by atoms with Crippen molar-refractivity contribution in [3.8, 4) is 5.75 Å². The van der Waals surface area contributed by atoms with Crippen LogP contribution >= 0.6 is 0 Å². The minimum absolute atomic E-state index is 0.168. The predicted octanol–water partition coefficient (Wildman–Crippen LogP) is 2.44. The van der Waals surface area contributed by atoms with Gasteiger partial charge in [-0.25, -0.2) is 0 Å². The third-order valence-corrected chi connectivity index (χ3v) is 4.22. The van der Waals surface area contributed by atoms with E-state index >= 15 is 0 Å². The van der Waals surface area contributed by atoms with Gasteiger partial charge in [0.25, 0.3) is 0 Å². The molecule has 4 nitrogen and oxygen atoms in total. The van der Waals surface area contributed by atoms with Gasteiger partial charge >= 0.3 is 0 Å². The SMILES string of the molecule is Cc1ccc2c(c1)OC(C(O)[C@H]1O[C@@H]1c1ccccc1)C2=O. The van der Waals surface area contributed by atoms with Crippen LogP contribution in [0.4, 0.5) is 0 Å². The van der Waals surface area contributed by atoms with E-state index in [1.54, 1.807) is 6.07 Å². The molecule has 0 spiro atoms. The van der Waals surface area contributed by atoms with Gasteiger partial charge in [0.1, 0.15) is 24.1 Å². The summed E-state index contributed by atoms with van der Waals surface area (Å²) in [6.45, 7) is 1.94. The molecule has 112 valence electrons. The molecule has 4 rings (SSSR count). The average molecular weight is 296 g/mol. The maximum absolute atomic E-state index is 12.4. The fourth-order valence-corrected chi connectivity index (χ4v) is 2.97. The molecule has 0 amide bonds. The zero-order chi connectivity index (χ0) is 15.3. The van der Waals surface area contributed by atoms with E-state index in [1.165, 1.54) is 0 Å². The highest BCUT2D eigenvalue weighted by Crippen LogP contribution is 2.43. The van der Waals surface area contributed by atoms with Crippen molar-refractivity contribution in [2.24, 2.45) is 0 Å². The number of Topliss-reactive ketones (excluding diaryl/α,β-unsaturated/α-hetero) is 1. The normalized spacial score (nSPS) is 27.2. The van der Waals surface area contributed by atoms with Crippen LogP contribution in [0.3, 0.4) is 0 Å². The summed E-state index contributed by atoms with van der Waals surface area (Å²) >= 11 is 0. The van der Waals surface area contributed by atoms with Crippen molar-refractivity contribution in [2.75, 3.05) is 0 Å². The summed E-state index contributed by atoms with van der Waals surface area (Å²) in [4.78, 5) is 12.4. The van der Waals surface area contributed by atoms with Crippen LogP contribution in [0.5, 0.6) is 5.75 Å². The third kappa shape index (κ3) is 2.12. The number of carbonyl (C=O) groups is 1. The van der Waals surface area contributed by atoms with Crippen molar-refractivity contribution in [2.45, 2.75) is 31.3 Å². The number of hydrogen-bond acceptors (Lipinski definition) is 4. The Morgan fingerprint density at radius 2 is 1.91 bits per heavy atom. The maximum atomic E-state index is 12.4. The van der Waals surface area contributed by atoms with E-state index in [9.17, 15) is 9.90 Å². The number of rotatable bonds is 3. The van der Waals surface area contributed by atoms with Crippen LogP contribution in [0.1, 0.15) is 27.6 Å². The molecular formula is C18H16O4. The fraction of sp³-hybridized carbons (Fsp3) is 0.278. The maximum Gasteiger partial charge on any atom is 0.209 e. The molecule has 2 aromatic carbocycles. The molecule has 0 radical (unpaired) electrons. The molecule has 0 bridgehead atoms. The molecule has 22 heavy (non-hydrogen) atoms. The fourth-order valence-electron chi connectivity index (χ4n) is 2.97. The summed E-state index contributed by atoms with van der Waals surface area (Å²) in [7, 11) is 0. The Hall–Kier alpha value is -2.17. The molecule has 1 N–H and O–H groups in total. The van der Waals surface area contributed by atoms with Gasteiger partial charge in [-0.05, 0) is 30.2 Å². The van der Waals surface area contributed by atoms with E-state index in [0.29, 0.717) is 11.3 Å². The number of fused-ring (bicyclic) bond motifs is 1. The zero-order valence-electron chi connectivity index (χ0n) is 12.1. The second-order valence-electron chi connectivity index (χ2n) is 5.82. The molecule has 2 unspecified atom stereocenters. The first-order chi connectivity index (χ1) is 10.6. The predicted molar refractivity (Wildman–Crippen MR) is 80.0 cm³/mol. The lowest BCUT2D eigenvalue weighted by Crippen LogP contribution is -2.38. The van der Waals surface area contributed by atoms with E-state index in [-0.39, 0.29) is 11.9 Å². The summed E-state index contributed by atoms with van der Waals surface area (Å²) in [6, 6.07) is 15.1. The molecule has 2 aliphatic rings. The molecule has 4 atom stereocenters. The Morgan fingerprint density at radius 3 is 2.68 bits per heavy atom. The molecule has 4 heteroatoms.